The van der Waals surface area contributed by atoms with E-state index in [0.29, 0.717) is 71.8 Å². The number of aromatic hydroxyl groups is 1. The Labute approximate surface area is 249 Å². The summed E-state index contributed by atoms with van der Waals surface area (Å²) >= 11 is 0. The third-order valence-electron chi connectivity index (χ3n) is 7.15. The maximum Gasteiger partial charge on any atom is 0.318 e. The summed E-state index contributed by atoms with van der Waals surface area (Å²) in [5.74, 6) is -0.108. The monoisotopic (exact) mass is 583 g/mol. The number of phenols is 1. The highest BCUT2D eigenvalue weighted by Gasteiger charge is 2.37. The predicted octanol–water partition coefficient (Wildman–Crippen LogP) is 5.85. The molecule has 0 unspecified atom stereocenters. The topological polar surface area (TPSA) is 100 Å². The molecule has 2 N–H and O–H groups in total. The highest BCUT2D eigenvalue weighted by molar-refractivity contribution is 6.16. The van der Waals surface area contributed by atoms with Crippen molar-refractivity contribution in [3.63, 3.8) is 0 Å². The van der Waals surface area contributed by atoms with Gasteiger partial charge in [0.1, 0.15) is 22.9 Å². The Morgan fingerprint density at radius 1 is 1.05 bits per heavy atom. The molecule has 6 rings (SSSR count). The molecule has 1 amide bonds. The number of anilines is 2. The maximum absolute atomic E-state index is 14.7. The van der Waals surface area contributed by atoms with E-state index in [0.717, 1.165) is 6.42 Å². The number of halogens is 1. The van der Waals surface area contributed by atoms with Gasteiger partial charge in [-0.1, -0.05) is 40.7 Å². The average Bonchev–Trinajstić information content (AvgIpc) is 3.64. The minimum absolute atomic E-state index is 0.00322. The third kappa shape index (κ3) is 7.28. The highest BCUT2D eigenvalue weighted by Crippen LogP contribution is 2.40. The maximum atomic E-state index is 14.7. The van der Waals surface area contributed by atoms with Crippen molar-refractivity contribution >= 4 is 28.2 Å². The van der Waals surface area contributed by atoms with Crippen LogP contribution in [0.4, 0.5) is 15.9 Å². The number of amides is 1. The Kier molecular flexibility index (Phi) is 12.7. The summed E-state index contributed by atoms with van der Waals surface area (Å²) in [7, 11) is 1.49. The molecule has 0 radical (unpaired) electrons. The van der Waals surface area contributed by atoms with Crippen molar-refractivity contribution in [2.75, 3.05) is 56.3 Å². The number of aromatic nitrogens is 2. The van der Waals surface area contributed by atoms with Crippen LogP contribution in [-0.2, 0) is 17.7 Å². The van der Waals surface area contributed by atoms with Gasteiger partial charge in [0, 0.05) is 31.1 Å². The standard InChI is InChI=1S/C24H25FN4O4.C4H9N.2C2H6/c1-3-16-17(25)6-5-14-11-15(30)12-19(20(14)16)29-13-18-21(23(29)31)22(27-24(26-18)32-2)28-7-4-9-33-10-8-28;1-2-4-5-3-1;2*1-2/h5-6,11-12,30H,3-4,7-10,13H2,1-2H3;5H,1-4H2;2*1-2H3. The number of fused-ring (bicyclic) bond motifs is 2. The SMILES string of the molecule is C1CCNC1.CC.CC.CCc1c(F)ccc2cc(O)cc(N3Cc4nc(OC)nc(N5CCCOCC5)c4C3=O)c12. The van der Waals surface area contributed by atoms with Crippen LogP contribution in [0.3, 0.4) is 0 Å². The van der Waals surface area contributed by atoms with E-state index in [-0.39, 0.29) is 30.0 Å². The highest BCUT2D eigenvalue weighted by atomic mass is 19.1. The second-order valence-electron chi connectivity index (χ2n) is 9.60. The predicted molar refractivity (Wildman–Crippen MR) is 166 cm³/mol. The number of hydrogen-bond donors (Lipinski definition) is 2. The molecule has 4 heterocycles. The van der Waals surface area contributed by atoms with Crippen LogP contribution in [0, 0.1) is 5.82 Å². The number of carbonyl (C=O) groups is 1. The van der Waals surface area contributed by atoms with Gasteiger partial charge in [-0.3, -0.25) is 4.79 Å². The molecule has 10 heteroatoms. The number of rotatable bonds is 4. The van der Waals surface area contributed by atoms with Crippen LogP contribution in [-0.4, -0.2) is 67.5 Å². The van der Waals surface area contributed by atoms with E-state index in [1.54, 1.807) is 12.1 Å². The van der Waals surface area contributed by atoms with Gasteiger partial charge in [-0.05, 0) is 61.9 Å². The lowest BCUT2D eigenvalue weighted by molar-refractivity contribution is 0.0997. The number of methoxy groups -OCH3 is 1. The zero-order valence-corrected chi connectivity index (χ0v) is 25.9. The Morgan fingerprint density at radius 3 is 2.43 bits per heavy atom. The average molecular weight is 584 g/mol. The van der Waals surface area contributed by atoms with E-state index in [2.05, 4.69) is 15.3 Å². The number of carbonyl (C=O) groups excluding carboxylic acids is 1. The lowest BCUT2D eigenvalue weighted by Gasteiger charge is -2.23. The number of aryl methyl sites for hydroxylation is 1. The summed E-state index contributed by atoms with van der Waals surface area (Å²) in [6.07, 6.45) is 4.04. The Bertz CT molecular complexity index is 1320. The molecule has 2 aromatic carbocycles. The minimum atomic E-state index is -0.340. The van der Waals surface area contributed by atoms with Gasteiger partial charge < -0.3 is 29.7 Å². The fraction of sp³-hybridized carbons (Fsp3) is 0.531. The number of phenolic OH excluding ortho intramolecular Hbond substituents is 1. The van der Waals surface area contributed by atoms with Gasteiger partial charge in [0.15, 0.2) is 0 Å². The molecule has 1 aromatic heterocycles. The molecular weight excluding hydrogens is 537 g/mol. The van der Waals surface area contributed by atoms with Crippen molar-refractivity contribution in [1.29, 1.82) is 0 Å². The van der Waals surface area contributed by atoms with Crippen molar-refractivity contribution in [3.8, 4) is 11.8 Å². The molecule has 0 bridgehead atoms. The van der Waals surface area contributed by atoms with Gasteiger partial charge in [-0.2, -0.15) is 9.97 Å². The van der Waals surface area contributed by atoms with E-state index in [1.165, 1.54) is 50.1 Å². The smallest absolute Gasteiger partial charge is 0.318 e. The number of hydrogen-bond acceptors (Lipinski definition) is 8. The summed E-state index contributed by atoms with van der Waals surface area (Å²) in [4.78, 5) is 26.3. The third-order valence-corrected chi connectivity index (χ3v) is 7.15. The normalized spacial score (nSPS) is 15.9. The molecule has 3 aliphatic rings. The van der Waals surface area contributed by atoms with Crippen LogP contribution in [0.25, 0.3) is 10.8 Å². The Morgan fingerprint density at radius 2 is 1.79 bits per heavy atom. The molecule has 0 saturated carbocycles. The van der Waals surface area contributed by atoms with Gasteiger partial charge in [0.2, 0.25) is 0 Å². The summed E-state index contributed by atoms with van der Waals surface area (Å²) in [5.41, 5.74) is 1.90. The van der Waals surface area contributed by atoms with Crippen molar-refractivity contribution in [1.82, 2.24) is 15.3 Å². The summed E-state index contributed by atoms with van der Waals surface area (Å²) in [5, 5.41) is 14.9. The van der Waals surface area contributed by atoms with Crippen LogP contribution in [0.15, 0.2) is 24.3 Å². The molecule has 9 nitrogen and oxygen atoms in total. The molecule has 230 valence electrons. The van der Waals surface area contributed by atoms with Crippen molar-refractivity contribution in [3.05, 3.63) is 46.9 Å². The molecular formula is C32H46FN5O4. The summed E-state index contributed by atoms with van der Waals surface area (Å²) in [6.45, 7) is 15.0. The Balaban J connectivity index is 0.000000473. The molecule has 2 fully saturated rings. The second-order valence-corrected chi connectivity index (χ2v) is 9.60. The molecule has 42 heavy (non-hydrogen) atoms. The van der Waals surface area contributed by atoms with Crippen molar-refractivity contribution < 1.29 is 23.8 Å². The first-order chi connectivity index (χ1) is 20.5. The molecule has 0 spiro atoms. The molecule has 0 aliphatic carbocycles. The van der Waals surface area contributed by atoms with Crippen LogP contribution in [0.5, 0.6) is 11.8 Å². The number of nitrogens with one attached hydrogen (secondary N) is 1. The van der Waals surface area contributed by atoms with E-state index < -0.39 is 0 Å². The van der Waals surface area contributed by atoms with Crippen LogP contribution < -0.4 is 19.9 Å². The van der Waals surface area contributed by atoms with Gasteiger partial charge in [0.25, 0.3) is 5.91 Å². The quantitative estimate of drug-likeness (QED) is 0.394. The zero-order valence-electron chi connectivity index (χ0n) is 25.9. The number of nitrogens with zero attached hydrogens (tertiary/aromatic N) is 4. The lowest BCUT2D eigenvalue weighted by atomic mass is 9.99. The van der Waals surface area contributed by atoms with E-state index >= 15 is 0 Å². The number of benzene rings is 2. The first-order valence-corrected chi connectivity index (χ1v) is 15.3. The van der Waals surface area contributed by atoms with Crippen LogP contribution >= 0.6 is 0 Å². The van der Waals surface area contributed by atoms with Gasteiger partial charge in [-0.15, -0.1) is 0 Å². The summed E-state index contributed by atoms with van der Waals surface area (Å²) in [6, 6.07) is 6.28. The first kappa shape index (κ1) is 33.0. The first-order valence-electron chi connectivity index (χ1n) is 15.3. The second kappa shape index (κ2) is 16.2. The van der Waals surface area contributed by atoms with Gasteiger partial charge in [0.05, 0.1) is 31.6 Å². The molecule has 2 saturated heterocycles. The van der Waals surface area contributed by atoms with Crippen molar-refractivity contribution in [2.24, 2.45) is 0 Å². The van der Waals surface area contributed by atoms with Gasteiger partial charge >= 0.3 is 6.01 Å². The molecule has 3 aliphatic heterocycles. The number of ether oxygens (including phenoxy) is 2. The largest absolute Gasteiger partial charge is 0.508 e. The minimum Gasteiger partial charge on any atom is -0.508 e. The zero-order chi connectivity index (χ0) is 30.6. The van der Waals surface area contributed by atoms with Gasteiger partial charge in [-0.25, -0.2) is 4.39 Å². The lowest BCUT2D eigenvalue weighted by Crippen LogP contribution is -2.30. The summed E-state index contributed by atoms with van der Waals surface area (Å²) < 4.78 is 25.6. The van der Waals surface area contributed by atoms with Crippen LogP contribution in [0.1, 0.15) is 75.5 Å². The molecule has 0 atom stereocenters. The van der Waals surface area contributed by atoms with E-state index in [9.17, 15) is 14.3 Å². The van der Waals surface area contributed by atoms with E-state index in [4.69, 9.17) is 9.47 Å². The van der Waals surface area contributed by atoms with Crippen LogP contribution in [0.2, 0.25) is 0 Å². The fourth-order valence-corrected chi connectivity index (χ4v) is 5.29. The Hall–Kier alpha value is -3.50. The molecule has 3 aromatic rings. The van der Waals surface area contributed by atoms with E-state index in [1.807, 2.05) is 39.5 Å². The fourth-order valence-electron chi connectivity index (χ4n) is 5.29. The van der Waals surface area contributed by atoms with Crippen molar-refractivity contribution in [2.45, 2.75) is 66.8 Å².